The van der Waals surface area contributed by atoms with Crippen LogP contribution in [0.5, 0.6) is 0 Å². The molecule has 116 valence electrons. The van der Waals surface area contributed by atoms with Crippen LogP contribution < -0.4 is 10.6 Å². The van der Waals surface area contributed by atoms with Crippen LogP contribution in [-0.4, -0.2) is 55.2 Å². The predicted molar refractivity (Wildman–Crippen MR) is 83.9 cm³/mol. The van der Waals surface area contributed by atoms with Crippen molar-refractivity contribution in [3.8, 4) is 0 Å². The zero-order valence-electron chi connectivity index (χ0n) is 12.4. The maximum atomic E-state index is 12.6. The second-order valence-electron chi connectivity index (χ2n) is 5.66. The lowest BCUT2D eigenvalue weighted by atomic mass is 10.1. The normalized spacial score (nSPS) is 20.0. The van der Waals surface area contributed by atoms with Crippen molar-refractivity contribution in [1.29, 1.82) is 0 Å². The lowest BCUT2D eigenvalue weighted by molar-refractivity contribution is 0.0365. The SMILES string of the molecule is CN(C(=O)c1sc(N2CCCC2)nc1N)C1CCOCC1. The van der Waals surface area contributed by atoms with Crippen LogP contribution in [0.3, 0.4) is 0 Å². The summed E-state index contributed by atoms with van der Waals surface area (Å²) in [6.45, 7) is 3.46. The molecular weight excluding hydrogens is 288 g/mol. The Morgan fingerprint density at radius 2 is 2.05 bits per heavy atom. The molecule has 0 aromatic carbocycles. The molecule has 0 unspecified atom stereocenters. The molecule has 2 aliphatic rings. The van der Waals surface area contributed by atoms with Gasteiger partial charge in [0.2, 0.25) is 0 Å². The molecule has 2 aliphatic heterocycles. The molecule has 0 radical (unpaired) electrons. The van der Waals surface area contributed by atoms with E-state index in [1.54, 1.807) is 4.90 Å². The molecule has 21 heavy (non-hydrogen) atoms. The molecule has 2 N–H and O–H groups in total. The van der Waals surface area contributed by atoms with Gasteiger partial charge >= 0.3 is 0 Å². The van der Waals surface area contributed by atoms with Crippen LogP contribution in [0, 0.1) is 0 Å². The number of thiazole rings is 1. The van der Waals surface area contributed by atoms with Crippen LogP contribution in [0.1, 0.15) is 35.4 Å². The van der Waals surface area contributed by atoms with E-state index in [2.05, 4.69) is 9.88 Å². The Bertz CT molecular complexity index is 507. The number of nitrogens with two attached hydrogens (primary N) is 1. The molecule has 0 saturated carbocycles. The molecule has 0 spiro atoms. The van der Waals surface area contributed by atoms with Crippen molar-refractivity contribution in [2.75, 3.05) is 44.0 Å². The Kier molecular flexibility index (Phi) is 4.30. The summed E-state index contributed by atoms with van der Waals surface area (Å²) in [5.74, 6) is 0.355. The molecule has 0 atom stereocenters. The van der Waals surface area contributed by atoms with Gasteiger partial charge in [-0.2, -0.15) is 0 Å². The highest BCUT2D eigenvalue weighted by molar-refractivity contribution is 7.18. The number of aromatic nitrogens is 1. The zero-order chi connectivity index (χ0) is 14.8. The van der Waals surface area contributed by atoms with Gasteiger partial charge in [0, 0.05) is 39.4 Å². The van der Waals surface area contributed by atoms with Crippen molar-refractivity contribution in [2.24, 2.45) is 0 Å². The summed E-state index contributed by atoms with van der Waals surface area (Å²) < 4.78 is 5.35. The Hall–Kier alpha value is -1.34. The molecule has 1 amide bonds. The number of nitrogens with zero attached hydrogens (tertiary/aromatic N) is 3. The molecule has 0 bridgehead atoms. The van der Waals surface area contributed by atoms with E-state index in [1.807, 2.05) is 7.05 Å². The van der Waals surface area contributed by atoms with Crippen LogP contribution in [0.25, 0.3) is 0 Å². The highest BCUT2D eigenvalue weighted by atomic mass is 32.1. The van der Waals surface area contributed by atoms with Crippen molar-refractivity contribution in [3.05, 3.63) is 4.88 Å². The predicted octanol–water partition coefficient (Wildman–Crippen LogP) is 1.58. The minimum Gasteiger partial charge on any atom is -0.382 e. The lowest BCUT2D eigenvalue weighted by Gasteiger charge is -2.30. The van der Waals surface area contributed by atoms with Gasteiger partial charge in [0.05, 0.1) is 0 Å². The first-order chi connectivity index (χ1) is 10.2. The van der Waals surface area contributed by atoms with Gasteiger partial charge in [-0.25, -0.2) is 4.98 Å². The van der Waals surface area contributed by atoms with Gasteiger partial charge in [0.1, 0.15) is 10.7 Å². The van der Waals surface area contributed by atoms with Gasteiger partial charge < -0.3 is 20.3 Å². The number of hydrogen-bond acceptors (Lipinski definition) is 6. The third-order valence-corrected chi connectivity index (χ3v) is 5.39. The number of amides is 1. The van der Waals surface area contributed by atoms with Crippen molar-refractivity contribution in [3.63, 3.8) is 0 Å². The van der Waals surface area contributed by atoms with Crippen LogP contribution in [0.15, 0.2) is 0 Å². The third kappa shape index (κ3) is 2.98. The van der Waals surface area contributed by atoms with Gasteiger partial charge in [-0.15, -0.1) is 0 Å². The zero-order valence-corrected chi connectivity index (χ0v) is 13.2. The second kappa shape index (κ2) is 6.19. The average molecular weight is 310 g/mol. The average Bonchev–Trinajstić information content (AvgIpc) is 3.16. The molecular formula is C14H22N4O2S. The number of ether oxygens (including phenoxy) is 1. The summed E-state index contributed by atoms with van der Waals surface area (Å²) in [5.41, 5.74) is 5.98. The summed E-state index contributed by atoms with van der Waals surface area (Å²) in [6, 6.07) is 0.239. The number of anilines is 2. The van der Waals surface area contributed by atoms with E-state index in [-0.39, 0.29) is 11.9 Å². The number of carbonyl (C=O) groups is 1. The molecule has 0 aliphatic carbocycles. The number of hydrogen-bond donors (Lipinski definition) is 1. The summed E-state index contributed by atoms with van der Waals surface area (Å²) in [5, 5.41) is 0.883. The molecule has 1 aromatic heterocycles. The molecule has 3 rings (SSSR count). The highest BCUT2D eigenvalue weighted by Crippen LogP contribution is 2.31. The van der Waals surface area contributed by atoms with E-state index >= 15 is 0 Å². The van der Waals surface area contributed by atoms with Crippen molar-refractivity contribution in [1.82, 2.24) is 9.88 Å². The molecule has 2 saturated heterocycles. The minimum absolute atomic E-state index is 0.0117. The monoisotopic (exact) mass is 310 g/mol. The quantitative estimate of drug-likeness (QED) is 0.917. The molecule has 2 fully saturated rings. The highest BCUT2D eigenvalue weighted by Gasteiger charge is 2.28. The standard InChI is InChI=1S/C14H22N4O2S/c1-17(10-4-8-20-9-5-10)13(19)11-12(15)16-14(21-11)18-6-2-3-7-18/h10H,2-9,15H2,1H3. The van der Waals surface area contributed by atoms with Crippen molar-refractivity contribution >= 4 is 28.2 Å². The van der Waals surface area contributed by atoms with Gasteiger partial charge in [0.25, 0.3) is 5.91 Å². The van der Waals surface area contributed by atoms with Crippen LogP contribution in [-0.2, 0) is 4.74 Å². The van der Waals surface area contributed by atoms with E-state index < -0.39 is 0 Å². The molecule has 7 heteroatoms. The molecule has 1 aromatic rings. The van der Waals surface area contributed by atoms with E-state index in [4.69, 9.17) is 10.5 Å². The number of rotatable bonds is 3. The molecule has 6 nitrogen and oxygen atoms in total. The van der Waals surface area contributed by atoms with Gasteiger partial charge in [0.15, 0.2) is 5.13 Å². The van der Waals surface area contributed by atoms with Crippen LogP contribution in [0.4, 0.5) is 10.9 Å². The van der Waals surface area contributed by atoms with E-state index in [1.165, 1.54) is 24.2 Å². The van der Waals surface area contributed by atoms with Crippen LogP contribution >= 0.6 is 11.3 Å². The van der Waals surface area contributed by atoms with Gasteiger partial charge in [-0.3, -0.25) is 4.79 Å². The van der Waals surface area contributed by atoms with Crippen LogP contribution in [0.2, 0.25) is 0 Å². The molecule has 3 heterocycles. The smallest absolute Gasteiger partial charge is 0.267 e. The summed E-state index contributed by atoms with van der Waals surface area (Å²) in [4.78, 5) is 21.6. The Morgan fingerprint density at radius 1 is 1.38 bits per heavy atom. The lowest BCUT2D eigenvalue weighted by Crippen LogP contribution is -2.40. The third-order valence-electron chi connectivity index (χ3n) is 4.27. The van der Waals surface area contributed by atoms with Crippen molar-refractivity contribution < 1.29 is 9.53 Å². The number of nitrogen functional groups attached to an aromatic ring is 1. The van der Waals surface area contributed by atoms with E-state index in [0.717, 1.165) is 44.3 Å². The maximum Gasteiger partial charge on any atom is 0.267 e. The summed E-state index contributed by atoms with van der Waals surface area (Å²) in [7, 11) is 1.85. The number of carbonyl (C=O) groups excluding carboxylic acids is 1. The Morgan fingerprint density at radius 3 is 2.71 bits per heavy atom. The Labute approximate surface area is 128 Å². The fraction of sp³-hybridized carbons (Fsp3) is 0.714. The van der Waals surface area contributed by atoms with Crippen molar-refractivity contribution in [2.45, 2.75) is 31.7 Å². The second-order valence-corrected chi connectivity index (χ2v) is 6.64. The van der Waals surface area contributed by atoms with Gasteiger partial charge in [-0.1, -0.05) is 11.3 Å². The first-order valence-electron chi connectivity index (χ1n) is 7.53. The topological polar surface area (TPSA) is 71.7 Å². The fourth-order valence-corrected chi connectivity index (χ4v) is 3.94. The first kappa shape index (κ1) is 14.6. The van der Waals surface area contributed by atoms with Gasteiger partial charge in [-0.05, 0) is 25.7 Å². The largest absolute Gasteiger partial charge is 0.382 e. The summed E-state index contributed by atoms with van der Waals surface area (Å²) in [6.07, 6.45) is 4.15. The van der Waals surface area contributed by atoms with E-state index in [0.29, 0.717) is 10.7 Å². The summed E-state index contributed by atoms with van der Waals surface area (Å²) >= 11 is 1.42. The maximum absolute atomic E-state index is 12.6. The van der Waals surface area contributed by atoms with E-state index in [9.17, 15) is 4.79 Å². The fourth-order valence-electron chi connectivity index (χ4n) is 2.92. The first-order valence-corrected chi connectivity index (χ1v) is 8.34. The Balaban J connectivity index is 1.74. The minimum atomic E-state index is -0.0117.